The van der Waals surface area contributed by atoms with Gasteiger partial charge in [-0.3, -0.25) is 4.79 Å². The fourth-order valence-corrected chi connectivity index (χ4v) is 4.81. The molecular weight excluding hydrogens is 450 g/mol. The minimum absolute atomic E-state index is 0.118. The Morgan fingerprint density at radius 2 is 1.82 bits per heavy atom. The van der Waals surface area contributed by atoms with Crippen molar-refractivity contribution in [1.82, 2.24) is 15.0 Å². The van der Waals surface area contributed by atoms with E-state index in [0.717, 1.165) is 12.8 Å². The largest absolute Gasteiger partial charge is 0.427 e. The first-order chi connectivity index (χ1) is 16.1. The van der Waals surface area contributed by atoms with E-state index in [1.54, 1.807) is 29.1 Å². The monoisotopic (exact) mass is 484 g/mol. The molecule has 1 heterocycles. The number of aromatic nitrogens is 3. The van der Waals surface area contributed by atoms with Crippen LogP contribution in [0.15, 0.2) is 48.5 Å². The molecule has 4 unspecified atom stereocenters. The number of carbonyl (C=O) groups excluding carboxylic acids is 1. The molecule has 0 spiro atoms. The highest BCUT2D eigenvalue weighted by Gasteiger charge is 2.41. The summed E-state index contributed by atoms with van der Waals surface area (Å²) < 4.78 is 5.60. The molecule has 4 atom stereocenters. The number of rotatable bonds is 10. The Balaban J connectivity index is 1.88. The molecule has 3 aromatic rings. The number of hydrogen-bond acceptors (Lipinski definition) is 5. The molecule has 2 aromatic carbocycles. The topological polar surface area (TPSA) is 77.2 Å². The average molecular weight is 485 g/mol. The van der Waals surface area contributed by atoms with Crippen LogP contribution in [-0.4, -0.2) is 32.2 Å². The molecule has 0 aliphatic heterocycles. The van der Waals surface area contributed by atoms with Crippen LogP contribution in [0.3, 0.4) is 0 Å². The fraction of sp³-hybridized carbons (Fsp3) is 0.481. The van der Waals surface area contributed by atoms with E-state index in [-0.39, 0.29) is 29.6 Å². The summed E-state index contributed by atoms with van der Waals surface area (Å²) in [7, 11) is 0. The van der Waals surface area contributed by atoms with Gasteiger partial charge in [-0.25, -0.2) is 0 Å². The predicted octanol–water partition coefficient (Wildman–Crippen LogP) is 6.29. The molecular formula is C27H35ClN3O3. The maximum Gasteiger partial charge on any atom is 0.311 e. The Morgan fingerprint density at radius 1 is 1.15 bits per heavy atom. The summed E-state index contributed by atoms with van der Waals surface area (Å²) in [6.07, 6.45) is 1.44. The van der Waals surface area contributed by atoms with Gasteiger partial charge in [-0.1, -0.05) is 70.8 Å². The van der Waals surface area contributed by atoms with Crippen molar-refractivity contribution in [2.24, 2.45) is 17.3 Å². The van der Waals surface area contributed by atoms with Crippen LogP contribution in [0.5, 0.6) is 5.75 Å². The van der Waals surface area contributed by atoms with E-state index < -0.39 is 12.1 Å². The molecule has 6 nitrogen and oxygen atoms in total. The zero-order chi connectivity index (χ0) is 24.9. The predicted molar refractivity (Wildman–Crippen MR) is 136 cm³/mol. The first-order valence-electron chi connectivity index (χ1n) is 11.9. The second kappa shape index (κ2) is 11.3. The van der Waals surface area contributed by atoms with Crippen molar-refractivity contribution in [3.8, 4) is 5.75 Å². The van der Waals surface area contributed by atoms with Crippen molar-refractivity contribution < 1.29 is 14.6 Å². The van der Waals surface area contributed by atoms with Gasteiger partial charge in [0.1, 0.15) is 16.8 Å². The Labute approximate surface area is 207 Å². The highest BCUT2D eigenvalue weighted by Crippen LogP contribution is 2.41. The van der Waals surface area contributed by atoms with E-state index in [2.05, 4.69) is 44.8 Å². The maximum absolute atomic E-state index is 12.9. The first kappa shape index (κ1) is 26.2. The van der Waals surface area contributed by atoms with Gasteiger partial charge >= 0.3 is 5.97 Å². The van der Waals surface area contributed by atoms with E-state index in [9.17, 15) is 9.90 Å². The van der Waals surface area contributed by atoms with Crippen LogP contribution in [0, 0.1) is 24.2 Å². The van der Waals surface area contributed by atoms with Crippen LogP contribution in [-0.2, 0) is 4.79 Å². The van der Waals surface area contributed by atoms with Crippen LogP contribution in [0.4, 0.5) is 0 Å². The summed E-state index contributed by atoms with van der Waals surface area (Å²) in [5, 5.41) is 21.4. The molecule has 0 bridgehead atoms. The van der Waals surface area contributed by atoms with E-state index >= 15 is 0 Å². The Hall–Kier alpha value is -2.44. The minimum Gasteiger partial charge on any atom is -0.427 e. The third-order valence-electron chi connectivity index (χ3n) is 6.40. The van der Waals surface area contributed by atoms with E-state index in [4.69, 9.17) is 16.3 Å². The third kappa shape index (κ3) is 6.36. The third-order valence-corrected chi connectivity index (χ3v) is 6.63. The molecule has 1 N–H and O–H groups in total. The highest BCUT2D eigenvalue weighted by molar-refractivity contribution is 6.31. The maximum atomic E-state index is 12.9. The Bertz CT molecular complexity index is 1080. The van der Waals surface area contributed by atoms with Crippen molar-refractivity contribution >= 4 is 28.6 Å². The lowest BCUT2D eigenvalue weighted by Crippen LogP contribution is -2.42. The highest BCUT2D eigenvalue weighted by atomic mass is 35.5. The number of carbonyl (C=O) groups is 1. The van der Waals surface area contributed by atoms with E-state index in [1.165, 1.54) is 0 Å². The molecule has 3 rings (SSSR count). The van der Waals surface area contributed by atoms with E-state index in [0.29, 0.717) is 28.2 Å². The molecule has 0 fully saturated rings. The first-order valence-corrected chi connectivity index (χ1v) is 12.3. The number of benzene rings is 2. The number of aliphatic hydroxyl groups is 1. The fourth-order valence-electron chi connectivity index (χ4n) is 4.65. The lowest BCUT2D eigenvalue weighted by Gasteiger charge is -2.41. The zero-order valence-electron chi connectivity index (χ0n) is 20.4. The Morgan fingerprint density at radius 3 is 2.44 bits per heavy atom. The second-order valence-corrected chi connectivity index (χ2v) is 10.4. The Kier molecular flexibility index (Phi) is 8.72. The van der Waals surface area contributed by atoms with Crippen LogP contribution >= 0.6 is 11.6 Å². The number of hydrogen-bond donors (Lipinski definition) is 1. The summed E-state index contributed by atoms with van der Waals surface area (Å²) in [5.74, 6) is -0.0671. The van der Waals surface area contributed by atoms with Gasteiger partial charge in [-0.05, 0) is 60.4 Å². The molecule has 1 aromatic heterocycles. The van der Waals surface area contributed by atoms with Crippen molar-refractivity contribution in [2.45, 2.75) is 65.5 Å². The summed E-state index contributed by atoms with van der Waals surface area (Å²) in [6.45, 7) is 12.5. The molecule has 34 heavy (non-hydrogen) atoms. The molecule has 183 valence electrons. The summed E-state index contributed by atoms with van der Waals surface area (Å²) in [5.41, 5.74) is 1.14. The molecule has 0 saturated heterocycles. The van der Waals surface area contributed by atoms with Crippen LogP contribution in [0.1, 0.15) is 59.4 Å². The smallest absolute Gasteiger partial charge is 0.311 e. The number of ether oxygens (including phenoxy) is 1. The number of esters is 1. The molecule has 0 aliphatic carbocycles. The molecule has 0 amide bonds. The summed E-state index contributed by atoms with van der Waals surface area (Å²) in [6, 6.07) is 14.0. The number of halogens is 1. The van der Waals surface area contributed by atoms with Gasteiger partial charge in [0.05, 0.1) is 12.1 Å². The van der Waals surface area contributed by atoms with Gasteiger partial charge in [0.15, 0.2) is 0 Å². The number of nitrogens with zero attached hydrogens (tertiary/aromatic N) is 3. The van der Waals surface area contributed by atoms with Crippen molar-refractivity contribution in [3.63, 3.8) is 0 Å². The molecule has 0 aliphatic rings. The molecule has 0 saturated carbocycles. The van der Waals surface area contributed by atoms with Crippen LogP contribution in [0.25, 0.3) is 11.0 Å². The molecule has 1 radical (unpaired) electrons. The second-order valence-electron chi connectivity index (χ2n) is 9.92. The number of aliphatic hydroxyl groups excluding tert-OH is 1. The van der Waals surface area contributed by atoms with E-state index in [1.807, 2.05) is 24.3 Å². The van der Waals surface area contributed by atoms with Crippen LogP contribution < -0.4 is 4.74 Å². The van der Waals surface area contributed by atoms with Crippen molar-refractivity contribution in [3.05, 3.63) is 60.5 Å². The van der Waals surface area contributed by atoms with Gasteiger partial charge in [0.2, 0.25) is 0 Å². The van der Waals surface area contributed by atoms with Gasteiger partial charge in [0, 0.05) is 11.4 Å². The minimum atomic E-state index is -0.788. The molecule has 7 heteroatoms. The summed E-state index contributed by atoms with van der Waals surface area (Å²) >= 11 is 6.11. The zero-order valence-corrected chi connectivity index (χ0v) is 21.2. The quantitative estimate of drug-likeness (QED) is 0.270. The van der Waals surface area contributed by atoms with Gasteiger partial charge in [-0.15, -0.1) is 0 Å². The lowest BCUT2D eigenvalue weighted by molar-refractivity contribution is -0.138. The van der Waals surface area contributed by atoms with Crippen molar-refractivity contribution in [1.29, 1.82) is 0 Å². The SMILES string of the molecule is [CH2]CC(C(O)C(CCC)C(CC(=O)Oc1ccccc1)C(C)(C)C)n1nc2ccc(Cl)cc2n1. The van der Waals surface area contributed by atoms with Gasteiger partial charge in [-0.2, -0.15) is 15.0 Å². The lowest BCUT2D eigenvalue weighted by atomic mass is 9.67. The van der Waals surface area contributed by atoms with Crippen molar-refractivity contribution in [2.75, 3.05) is 0 Å². The number of para-hydroxylation sites is 1. The normalized spacial score (nSPS) is 15.6. The number of fused-ring (bicyclic) bond motifs is 1. The van der Waals surface area contributed by atoms with Gasteiger partial charge < -0.3 is 9.84 Å². The standard InChI is InChI=1S/C27H35ClN3O3/c1-6-11-20(21(27(3,4)5)17-25(32)34-19-12-9-8-10-13-19)26(33)24(7-2)31-29-22-15-14-18(28)16-23(22)30-31/h8-10,12-16,20-21,24,26,33H,2,6-7,11,17H2,1,3-5H3. The van der Waals surface area contributed by atoms with Gasteiger partial charge in [0.25, 0.3) is 0 Å². The average Bonchev–Trinajstić information content (AvgIpc) is 3.19. The summed E-state index contributed by atoms with van der Waals surface area (Å²) in [4.78, 5) is 14.5. The van der Waals surface area contributed by atoms with Crippen LogP contribution in [0.2, 0.25) is 5.02 Å².